The third-order valence-electron chi connectivity index (χ3n) is 2.85. The fourth-order valence-electron chi connectivity index (χ4n) is 1.84. The summed E-state index contributed by atoms with van der Waals surface area (Å²) in [6.07, 6.45) is 1.44. The van der Waals surface area contributed by atoms with Gasteiger partial charge < -0.3 is 10.2 Å². The maximum atomic E-state index is 10.6. The number of rotatable bonds is 2. The lowest BCUT2D eigenvalue weighted by atomic mass is 9.71. The molecule has 0 aromatic heterocycles. The number of phenolic OH excluding ortho intramolecular Hbond substituents is 1. The number of carbonyl (C=O) groups is 1. The zero-order valence-electron chi connectivity index (χ0n) is 7.68. The molecule has 0 unspecified atom stereocenters. The molecule has 1 aliphatic carbocycles. The van der Waals surface area contributed by atoms with Gasteiger partial charge in [-0.2, -0.15) is 0 Å². The van der Waals surface area contributed by atoms with E-state index in [4.69, 9.17) is 10.2 Å². The van der Waals surface area contributed by atoms with Gasteiger partial charge in [0.05, 0.1) is 5.92 Å². The summed E-state index contributed by atoms with van der Waals surface area (Å²) in [5.74, 6) is -0.256. The number of hydrogen-bond acceptors (Lipinski definition) is 2. The number of phenols is 1. The second-order valence-electron chi connectivity index (χ2n) is 3.80. The summed E-state index contributed by atoms with van der Waals surface area (Å²) < 4.78 is 0. The van der Waals surface area contributed by atoms with Crippen LogP contribution in [0.2, 0.25) is 0 Å². The van der Waals surface area contributed by atoms with Crippen molar-refractivity contribution >= 4 is 5.97 Å². The largest absolute Gasteiger partial charge is 0.508 e. The molecule has 1 fully saturated rings. The zero-order chi connectivity index (χ0) is 10.1. The minimum absolute atomic E-state index is 0.172. The van der Waals surface area contributed by atoms with Gasteiger partial charge in [0.15, 0.2) is 0 Å². The lowest BCUT2D eigenvalue weighted by molar-refractivity contribution is -0.145. The highest BCUT2D eigenvalue weighted by Crippen LogP contribution is 2.41. The fraction of sp³-hybridized carbons (Fsp3) is 0.364. The summed E-state index contributed by atoms with van der Waals surface area (Å²) in [7, 11) is 0. The van der Waals surface area contributed by atoms with Crippen LogP contribution < -0.4 is 0 Å². The second kappa shape index (κ2) is 3.33. The van der Waals surface area contributed by atoms with Crippen LogP contribution >= 0.6 is 0 Å². The van der Waals surface area contributed by atoms with Crippen LogP contribution in [-0.4, -0.2) is 16.2 Å². The van der Waals surface area contributed by atoms with Gasteiger partial charge in [0.25, 0.3) is 0 Å². The molecule has 0 spiro atoms. The Bertz CT molecular complexity index is 336. The van der Waals surface area contributed by atoms with Crippen molar-refractivity contribution in [3.05, 3.63) is 29.8 Å². The van der Waals surface area contributed by atoms with Crippen LogP contribution in [0.1, 0.15) is 24.3 Å². The molecule has 0 amide bonds. The van der Waals surface area contributed by atoms with Crippen LogP contribution in [0.3, 0.4) is 0 Å². The van der Waals surface area contributed by atoms with Crippen molar-refractivity contribution in [1.29, 1.82) is 0 Å². The molecule has 0 heterocycles. The third kappa shape index (κ3) is 1.58. The van der Waals surface area contributed by atoms with Crippen LogP contribution in [0.25, 0.3) is 0 Å². The van der Waals surface area contributed by atoms with E-state index in [1.165, 1.54) is 0 Å². The van der Waals surface area contributed by atoms with Gasteiger partial charge in [-0.3, -0.25) is 4.79 Å². The Labute approximate surface area is 82.0 Å². The van der Waals surface area contributed by atoms with Crippen molar-refractivity contribution in [1.82, 2.24) is 0 Å². The normalized spacial score (nSPS) is 25.4. The molecule has 0 radical (unpaired) electrons. The van der Waals surface area contributed by atoms with E-state index in [9.17, 15) is 4.79 Å². The number of carboxylic acids is 1. The molecular weight excluding hydrogens is 180 g/mol. The van der Waals surface area contributed by atoms with Crippen molar-refractivity contribution < 1.29 is 15.0 Å². The minimum Gasteiger partial charge on any atom is -0.508 e. The molecule has 0 bridgehead atoms. The highest BCUT2D eigenvalue weighted by atomic mass is 16.4. The molecular formula is C11H12O3. The van der Waals surface area contributed by atoms with Crippen molar-refractivity contribution in [3.63, 3.8) is 0 Å². The van der Waals surface area contributed by atoms with Crippen LogP contribution in [-0.2, 0) is 4.79 Å². The van der Waals surface area contributed by atoms with Crippen LogP contribution in [0.5, 0.6) is 5.75 Å². The first-order valence-electron chi connectivity index (χ1n) is 4.68. The standard InChI is InChI=1S/C11H12O3/c12-10-3-1-7(2-4-10)8-5-9(6-8)11(13)14/h1-4,8-9,12H,5-6H2,(H,13,14). The molecule has 0 atom stereocenters. The SMILES string of the molecule is O=C(O)C1CC(c2ccc(O)cc2)C1. The van der Waals surface area contributed by atoms with Gasteiger partial charge in [0.1, 0.15) is 5.75 Å². The molecule has 0 aliphatic heterocycles. The first-order valence-corrected chi connectivity index (χ1v) is 4.68. The Kier molecular flexibility index (Phi) is 2.15. The van der Waals surface area contributed by atoms with E-state index in [1.54, 1.807) is 12.1 Å². The first kappa shape index (κ1) is 9.06. The number of hydrogen-bond donors (Lipinski definition) is 2. The topological polar surface area (TPSA) is 57.5 Å². The number of benzene rings is 1. The van der Waals surface area contributed by atoms with Gasteiger partial charge in [0, 0.05) is 0 Å². The van der Waals surface area contributed by atoms with E-state index in [0.717, 1.165) is 18.4 Å². The van der Waals surface area contributed by atoms with Crippen LogP contribution in [0, 0.1) is 5.92 Å². The second-order valence-corrected chi connectivity index (χ2v) is 3.80. The lowest BCUT2D eigenvalue weighted by Crippen LogP contribution is -2.28. The summed E-state index contributed by atoms with van der Waals surface area (Å²) in [4.78, 5) is 10.6. The first-order chi connectivity index (χ1) is 6.66. The monoisotopic (exact) mass is 192 g/mol. The molecule has 1 aromatic carbocycles. The molecule has 2 rings (SSSR count). The molecule has 14 heavy (non-hydrogen) atoms. The summed E-state index contributed by atoms with van der Waals surface area (Å²) in [6, 6.07) is 7.00. The lowest BCUT2D eigenvalue weighted by Gasteiger charge is -2.32. The van der Waals surface area contributed by atoms with Gasteiger partial charge in [0.2, 0.25) is 0 Å². The Morgan fingerprint density at radius 1 is 1.21 bits per heavy atom. The van der Waals surface area contributed by atoms with Crippen molar-refractivity contribution in [2.75, 3.05) is 0 Å². The highest BCUT2D eigenvalue weighted by molar-refractivity contribution is 5.71. The fourth-order valence-corrected chi connectivity index (χ4v) is 1.84. The van der Waals surface area contributed by atoms with Gasteiger partial charge in [-0.05, 0) is 36.5 Å². The molecule has 0 saturated heterocycles. The van der Waals surface area contributed by atoms with Gasteiger partial charge in [-0.25, -0.2) is 0 Å². The number of aromatic hydroxyl groups is 1. The van der Waals surface area contributed by atoms with E-state index in [2.05, 4.69) is 0 Å². The Hall–Kier alpha value is -1.51. The predicted octanol–water partition coefficient (Wildman–Crippen LogP) is 1.97. The average molecular weight is 192 g/mol. The molecule has 3 heteroatoms. The highest BCUT2D eigenvalue weighted by Gasteiger charge is 2.34. The summed E-state index contributed by atoms with van der Waals surface area (Å²) in [6.45, 7) is 0. The van der Waals surface area contributed by atoms with E-state index >= 15 is 0 Å². The van der Waals surface area contributed by atoms with Crippen molar-refractivity contribution in [3.8, 4) is 5.75 Å². The molecule has 2 N–H and O–H groups in total. The number of carboxylic acid groups (broad SMARTS) is 1. The maximum Gasteiger partial charge on any atom is 0.306 e. The van der Waals surface area contributed by atoms with Crippen LogP contribution in [0.4, 0.5) is 0 Å². The van der Waals surface area contributed by atoms with Gasteiger partial charge in [-0.15, -0.1) is 0 Å². The van der Waals surface area contributed by atoms with E-state index in [1.807, 2.05) is 12.1 Å². The van der Waals surface area contributed by atoms with Gasteiger partial charge >= 0.3 is 5.97 Å². The zero-order valence-corrected chi connectivity index (χ0v) is 7.68. The molecule has 1 aromatic rings. The summed E-state index contributed by atoms with van der Waals surface area (Å²) in [5, 5.41) is 17.8. The minimum atomic E-state index is -0.694. The van der Waals surface area contributed by atoms with Crippen molar-refractivity contribution in [2.24, 2.45) is 5.92 Å². The molecule has 1 saturated carbocycles. The quantitative estimate of drug-likeness (QED) is 0.753. The summed E-state index contributed by atoms with van der Waals surface area (Å²) >= 11 is 0. The summed E-state index contributed by atoms with van der Waals surface area (Å²) in [5.41, 5.74) is 1.13. The maximum absolute atomic E-state index is 10.6. The third-order valence-corrected chi connectivity index (χ3v) is 2.85. The Morgan fingerprint density at radius 3 is 2.29 bits per heavy atom. The van der Waals surface area contributed by atoms with E-state index in [0.29, 0.717) is 5.92 Å². The molecule has 1 aliphatic rings. The van der Waals surface area contributed by atoms with Gasteiger partial charge in [-0.1, -0.05) is 12.1 Å². The van der Waals surface area contributed by atoms with E-state index in [-0.39, 0.29) is 11.7 Å². The molecule has 3 nitrogen and oxygen atoms in total. The smallest absolute Gasteiger partial charge is 0.306 e. The van der Waals surface area contributed by atoms with Crippen LogP contribution in [0.15, 0.2) is 24.3 Å². The predicted molar refractivity (Wildman–Crippen MR) is 51.2 cm³/mol. The molecule has 74 valence electrons. The van der Waals surface area contributed by atoms with E-state index < -0.39 is 5.97 Å². The Balaban J connectivity index is 2.00. The number of aliphatic carboxylic acids is 1. The average Bonchev–Trinajstić information content (AvgIpc) is 2.05. The van der Waals surface area contributed by atoms with Crippen molar-refractivity contribution in [2.45, 2.75) is 18.8 Å². The Morgan fingerprint density at radius 2 is 1.79 bits per heavy atom.